The summed E-state index contributed by atoms with van der Waals surface area (Å²) in [5.74, 6) is 2.55. The molecule has 3 rings (SSSR count). The lowest BCUT2D eigenvalue weighted by Gasteiger charge is -2.07. The molecule has 0 aliphatic carbocycles. The molecule has 0 radical (unpaired) electrons. The maximum atomic E-state index is 5.93. The highest BCUT2D eigenvalue weighted by atomic mass is 16.5. The summed E-state index contributed by atoms with van der Waals surface area (Å²) in [4.78, 5) is 0. The normalized spacial score (nSPS) is 10.9. The molecule has 4 heteroatoms. The molecular weight excluding hydrogens is 458 g/mol. The Morgan fingerprint density at radius 2 is 1.19 bits per heavy atom. The second kappa shape index (κ2) is 17.4. The van der Waals surface area contributed by atoms with Crippen LogP contribution in [0.25, 0.3) is 22.6 Å². The average Bonchev–Trinajstić information content (AvgIpc) is 3.43. The van der Waals surface area contributed by atoms with Crippen molar-refractivity contribution in [3.8, 4) is 34.1 Å². The largest absolute Gasteiger partial charge is 0.494 e. The molecule has 0 bridgehead atoms. The first kappa shape index (κ1) is 28.6. The fourth-order valence-electron chi connectivity index (χ4n) is 4.34. The van der Waals surface area contributed by atoms with Crippen molar-refractivity contribution in [1.82, 2.24) is 5.16 Å². The van der Waals surface area contributed by atoms with Gasteiger partial charge in [-0.15, -0.1) is 6.58 Å². The Morgan fingerprint density at radius 1 is 0.676 bits per heavy atom. The first-order chi connectivity index (χ1) is 18.3. The second-order valence-electron chi connectivity index (χ2n) is 9.79. The van der Waals surface area contributed by atoms with E-state index >= 15 is 0 Å². The lowest BCUT2D eigenvalue weighted by atomic mass is 10.1. The zero-order valence-electron chi connectivity index (χ0n) is 22.8. The van der Waals surface area contributed by atoms with Gasteiger partial charge in [0.05, 0.1) is 13.2 Å². The van der Waals surface area contributed by atoms with E-state index in [2.05, 4.69) is 18.7 Å². The standard InChI is InChI=1S/C33H45NO3/c1-3-5-7-9-10-11-12-14-16-26-35-30-21-17-28(18-22-30)32-27-33(37-34-32)29-19-23-31(24-20-29)36-25-15-13-8-6-4-2/h3,17-24,27H,1,4-16,25-26H2,2H3. The molecular formula is C33H45NO3. The summed E-state index contributed by atoms with van der Waals surface area (Å²) >= 11 is 0. The minimum atomic E-state index is 0.752. The van der Waals surface area contributed by atoms with Gasteiger partial charge in [0.15, 0.2) is 5.76 Å². The number of rotatable bonds is 20. The van der Waals surface area contributed by atoms with Gasteiger partial charge in [-0.05, 0) is 74.2 Å². The Bertz CT molecular complexity index is 991. The van der Waals surface area contributed by atoms with Crippen LogP contribution in [0.2, 0.25) is 0 Å². The molecule has 200 valence electrons. The fraction of sp³-hybridized carbons (Fsp3) is 0.485. The summed E-state index contributed by atoms with van der Waals surface area (Å²) < 4.78 is 17.4. The zero-order valence-corrected chi connectivity index (χ0v) is 22.8. The smallest absolute Gasteiger partial charge is 0.167 e. The van der Waals surface area contributed by atoms with Gasteiger partial charge in [0.25, 0.3) is 0 Å². The summed E-state index contributed by atoms with van der Waals surface area (Å²) in [6, 6.07) is 18.1. The van der Waals surface area contributed by atoms with Crippen LogP contribution in [0.4, 0.5) is 0 Å². The van der Waals surface area contributed by atoms with Crippen LogP contribution in [0, 0.1) is 0 Å². The maximum absolute atomic E-state index is 5.93. The lowest BCUT2D eigenvalue weighted by molar-refractivity contribution is 0.304. The van der Waals surface area contributed by atoms with Crippen LogP contribution in [0.1, 0.15) is 90.4 Å². The molecule has 0 amide bonds. The molecule has 2 aromatic carbocycles. The molecule has 0 atom stereocenters. The van der Waals surface area contributed by atoms with Crippen LogP contribution in [0.15, 0.2) is 71.8 Å². The molecule has 1 heterocycles. The van der Waals surface area contributed by atoms with Gasteiger partial charge >= 0.3 is 0 Å². The Labute approximate surface area is 224 Å². The van der Waals surface area contributed by atoms with Crippen molar-refractivity contribution in [3.05, 3.63) is 67.3 Å². The molecule has 37 heavy (non-hydrogen) atoms. The first-order valence-corrected chi connectivity index (χ1v) is 14.3. The second-order valence-corrected chi connectivity index (χ2v) is 9.79. The highest BCUT2D eigenvalue weighted by Gasteiger charge is 2.09. The van der Waals surface area contributed by atoms with Crippen LogP contribution >= 0.6 is 0 Å². The summed E-state index contributed by atoms with van der Waals surface area (Å²) in [6.45, 7) is 7.55. The monoisotopic (exact) mass is 503 g/mol. The molecule has 0 unspecified atom stereocenters. The average molecular weight is 504 g/mol. The molecule has 0 spiro atoms. The molecule has 4 nitrogen and oxygen atoms in total. The van der Waals surface area contributed by atoms with Gasteiger partial charge in [0.2, 0.25) is 0 Å². The third-order valence-electron chi connectivity index (χ3n) is 6.64. The first-order valence-electron chi connectivity index (χ1n) is 14.3. The van der Waals surface area contributed by atoms with E-state index < -0.39 is 0 Å². The summed E-state index contributed by atoms with van der Waals surface area (Å²) in [7, 11) is 0. The van der Waals surface area contributed by atoms with Crippen LogP contribution in [0.5, 0.6) is 11.5 Å². The van der Waals surface area contributed by atoms with Gasteiger partial charge < -0.3 is 14.0 Å². The Morgan fingerprint density at radius 3 is 1.76 bits per heavy atom. The van der Waals surface area contributed by atoms with Crippen molar-refractivity contribution >= 4 is 0 Å². The van der Waals surface area contributed by atoms with E-state index in [0.29, 0.717) is 0 Å². The minimum absolute atomic E-state index is 0.752. The fourth-order valence-corrected chi connectivity index (χ4v) is 4.34. The van der Waals surface area contributed by atoms with Gasteiger partial charge in [0, 0.05) is 17.2 Å². The van der Waals surface area contributed by atoms with E-state index in [4.69, 9.17) is 14.0 Å². The van der Waals surface area contributed by atoms with Crippen LogP contribution < -0.4 is 9.47 Å². The van der Waals surface area contributed by atoms with E-state index in [1.165, 1.54) is 64.2 Å². The number of unbranched alkanes of at least 4 members (excludes halogenated alkanes) is 11. The van der Waals surface area contributed by atoms with Crippen molar-refractivity contribution in [2.75, 3.05) is 13.2 Å². The summed E-state index contributed by atoms with van der Waals surface area (Å²) in [5, 5.41) is 4.28. The predicted molar refractivity (Wildman–Crippen MR) is 154 cm³/mol. The number of allylic oxidation sites excluding steroid dienone is 1. The van der Waals surface area contributed by atoms with E-state index in [-0.39, 0.29) is 0 Å². The highest BCUT2D eigenvalue weighted by molar-refractivity contribution is 5.67. The van der Waals surface area contributed by atoms with Crippen LogP contribution in [-0.2, 0) is 0 Å². The Hall–Kier alpha value is -3.01. The van der Waals surface area contributed by atoms with Crippen molar-refractivity contribution in [2.24, 2.45) is 0 Å². The molecule has 0 N–H and O–H groups in total. The number of nitrogens with zero attached hydrogens (tertiary/aromatic N) is 1. The van der Waals surface area contributed by atoms with E-state index in [0.717, 1.165) is 66.6 Å². The maximum Gasteiger partial charge on any atom is 0.167 e. The topological polar surface area (TPSA) is 44.5 Å². The van der Waals surface area contributed by atoms with E-state index in [9.17, 15) is 0 Å². The molecule has 0 saturated heterocycles. The molecule has 1 aromatic heterocycles. The molecule has 0 fully saturated rings. The number of ether oxygens (including phenoxy) is 2. The van der Waals surface area contributed by atoms with Gasteiger partial charge in [-0.1, -0.05) is 75.9 Å². The van der Waals surface area contributed by atoms with Gasteiger partial charge in [-0.25, -0.2) is 0 Å². The van der Waals surface area contributed by atoms with Gasteiger partial charge in [-0.2, -0.15) is 0 Å². The summed E-state index contributed by atoms with van der Waals surface area (Å²) in [6.07, 6.45) is 18.2. The van der Waals surface area contributed by atoms with Crippen molar-refractivity contribution in [3.63, 3.8) is 0 Å². The van der Waals surface area contributed by atoms with Gasteiger partial charge in [-0.3, -0.25) is 0 Å². The van der Waals surface area contributed by atoms with Crippen LogP contribution in [-0.4, -0.2) is 18.4 Å². The SMILES string of the molecule is C=CCCCCCCCCCOc1ccc(-c2cc(-c3ccc(OCCCCCCC)cc3)on2)cc1. The molecule has 0 saturated carbocycles. The summed E-state index contributed by atoms with van der Waals surface area (Å²) in [5.41, 5.74) is 2.83. The Kier molecular flexibility index (Phi) is 13.5. The predicted octanol–water partition coefficient (Wildman–Crippen LogP) is 10.0. The lowest BCUT2D eigenvalue weighted by Crippen LogP contribution is -1.97. The van der Waals surface area contributed by atoms with Crippen LogP contribution in [0.3, 0.4) is 0 Å². The molecule has 0 aliphatic heterocycles. The highest BCUT2D eigenvalue weighted by Crippen LogP contribution is 2.28. The zero-order chi connectivity index (χ0) is 26.0. The number of hydrogen-bond acceptors (Lipinski definition) is 4. The molecule has 3 aromatic rings. The number of aromatic nitrogens is 1. The quantitative estimate of drug-likeness (QED) is 0.114. The Balaban J connectivity index is 1.36. The third-order valence-corrected chi connectivity index (χ3v) is 6.64. The number of hydrogen-bond donors (Lipinski definition) is 0. The molecule has 0 aliphatic rings. The number of benzene rings is 2. The third kappa shape index (κ3) is 10.9. The minimum Gasteiger partial charge on any atom is -0.494 e. The van der Waals surface area contributed by atoms with Gasteiger partial charge in [0.1, 0.15) is 17.2 Å². The van der Waals surface area contributed by atoms with Crippen molar-refractivity contribution in [1.29, 1.82) is 0 Å². The van der Waals surface area contributed by atoms with E-state index in [1.54, 1.807) is 0 Å². The van der Waals surface area contributed by atoms with E-state index in [1.807, 2.05) is 60.7 Å². The van der Waals surface area contributed by atoms with Crippen molar-refractivity contribution in [2.45, 2.75) is 90.4 Å². The van der Waals surface area contributed by atoms with Crippen molar-refractivity contribution < 1.29 is 14.0 Å².